The Bertz CT molecular complexity index is 385. The molecule has 0 aromatic heterocycles. The number of Topliss-reactive ketones (excluding diaryl/α,β-unsaturated/α-hetero) is 1. The molecule has 126 valence electrons. The highest BCUT2D eigenvalue weighted by Gasteiger charge is 2.29. The summed E-state index contributed by atoms with van der Waals surface area (Å²) in [5, 5.41) is 0. The maximum absolute atomic E-state index is 12.0. The van der Waals surface area contributed by atoms with Gasteiger partial charge in [0.05, 0.1) is 6.61 Å². The van der Waals surface area contributed by atoms with Crippen LogP contribution in [0, 0.1) is 17.8 Å². The first-order valence-electron chi connectivity index (χ1n) is 8.74. The first-order chi connectivity index (χ1) is 10.4. The predicted molar refractivity (Wildman–Crippen MR) is 89.5 cm³/mol. The van der Waals surface area contributed by atoms with E-state index in [0.29, 0.717) is 18.4 Å². The van der Waals surface area contributed by atoms with Crippen LogP contribution in [0.4, 0.5) is 0 Å². The van der Waals surface area contributed by atoms with Gasteiger partial charge >= 0.3 is 5.97 Å². The number of hydrogen-bond acceptors (Lipinski definition) is 3. The van der Waals surface area contributed by atoms with E-state index in [1.807, 2.05) is 0 Å². The monoisotopic (exact) mass is 308 g/mol. The number of ketones is 1. The summed E-state index contributed by atoms with van der Waals surface area (Å²) in [6, 6.07) is 0. The number of ether oxygens (including phenoxy) is 1. The molecule has 1 atom stereocenters. The lowest BCUT2D eigenvalue weighted by Crippen LogP contribution is -2.29. The highest BCUT2D eigenvalue weighted by molar-refractivity contribution is 6.34. The van der Waals surface area contributed by atoms with Gasteiger partial charge in [0.1, 0.15) is 0 Å². The van der Waals surface area contributed by atoms with Gasteiger partial charge in [-0.15, -0.1) is 0 Å². The summed E-state index contributed by atoms with van der Waals surface area (Å²) in [7, 11) is 0. The maximum Gasteiger partial charge on any atom is 0.374 e. The summed E-state index contributed by atoms with van der Waals surface area (Å²) >= 11 is 0. The molecule has 0 unspecified atom stereocenters. The van der Waals surface area contributed by atoms with Gasteiger partial charge in [-0.3, -0.25) is 4.79 Å². The Morgan fingerprint density at radius 3 is 2.36 bits per heavy atom. The van der Waals surface area contributed by atoms with Crippen molar-refractivity contribution < 1.29 is 14.3 Å². The van der Waals surface area contributed by atoms with Gasteiger partial charge in [-0.25, -0.2) is 4.79 Å². The molecule has 0 spiro atoms. The van der Waals surface area contributed by atoms with Crippen LogP contribution < -0.4 is 0 Å². The first-order valence-corrected chi connectivity index (χ1v) is 8.74. The van der Waals surface area contributed by atoms with Crippen molar-refractivity contribution in [3.05, 3.63) is 11.6 Å². The Balaban J connectivity index is 2.19. The van der Waals surface area contributed by atoms with Gasteiger partial charge in [0, 0.05) is 5.92 Å². The second kappa shape index (κ2) is 9.81. The Morgan fingerprint density at radius 1 is 1.14 bits per heavy atom. The van der Waals surface area contributed by atoms with Gasteiger partial charge in [-0.1, -0.05) is 38.3 Å². The average Bonchev–Trinajstić information content (AvgIpc) is 2.46. The van der Waals surface area contributed by atoms with E-state index in [1.54, 1.807) is 0 Å². The number of esters is 1. The zero-order valence-electron chi connectivity index (χ0n) is 14.7. The molecule has 0 saturated heterocycles. The second-order valence-electron chi connectivity index (χ2n) is 7.21. The van der Waals surface area contributed by atoms with Crippen LogP contribution in [-0.2, 0) is 14.3 Å². The Labute approximate surface area is 135 Å². The maximum atomic E-state index is 12.0. The van der Waals surface area contributed by atoms with Crippen molar-refractivity contribution in [1.29, 1.82) is 0 Å². The van der Waals surface area contributed by atoms with Crippen molar-refractivity contribution in [2.24, 2.45) is 17.8 Å². The fourth-order valence-corrected chi connectivity index (χ4v) is 2.91. The number of hydrogen-bond donors (Lipinski definition) is 0. The standard InChI is InChI=1S/C19H32O3/c1-14(2)6-5-7-15(3)12-13-22-19(21)18(20)17-10-8-16(4)9-11-17/h6,15-17H,5,7-13H2,1-4H3/t15-,16?,17?/m1/s1. The predicted octanol–water partition coefficient (Wildman–Crippen LogP) is 4.70. The molecular weight excluding hydrogens is 276 g/mol. The van der Waals surface area contributed by atoms with Crippen LogP contribution in [0.2, 0.25) is 0 Å². The minimum Gasteiger partial charge on any atom is -0.460 e. The average molecular weight is 308 g/mol. The van der Waals surface area contributed by atoms with Gasteiger partial charge in [-0.2, -0.15) is 0 Å². The van der Waals surface area contributed by atoms with E-state index >= 15 is 0 Å². The van der Waals surface area contributed by atoms with Gasteiger partial charge in [-0.05, 0) is 57.8 Å². The molecule has 1 aliphatic rings. The Kier molecular flexibility index (Phi) is 8.44. The molecule has 0 heterocycles. The van der Waals surface area contributed by atoms with E-state index < -0.39 is 5.97 Å². The van der Waals surface area contributed by atoms with Crippen molar-refractivity contribution in [1.82, 2.24) is 0 Å². The summed E-state index contributed by atoms with van der Waals surface area (Å²) in [6.07, 6.45) is 9.00. The molecule has 0 radical (unpaired) electrons. The quantitative estimate of drug-likeness (QED) is 0.371. The lowest BCUT2D eigenvalue weighted by Gasteiger charge is -2.24. The van der Waals surface area contributed by atoms with Gasteiger partial charge in [0.25, 0.3) is 0 Å². The fraction of sp³-hybridized carbons (Fsp3) is 0.789. The second-order valence-corrected chi connectivity index (χ2v) is 7.21. The van der Waals surface area contributed by atoms with Crippen molar-refractivity contribution in [3.8, 4) is 0 Å². The summed E-state index contributed by atoms with van der Waals surface area (Å²) in [4.78, 5) is 23.9. The summed E-state index contributed by atoms with van der Waals surface area (Å²) < 4.78 is 5.18. The van der Waals surface area contributed by atoms with Crippen LogP contribution in [0.3, 0.4) is 0 Å². The molecule has 1 rings (SSSR count). The van der Waals surface area contributed by atoms with Crippen molar-refractivity contribution in [2.75, 3.05) is 6.61 Å². The molecule has 0 N–H and O–H groups in total. The van der Waals surface area contributed by atoms with Crippen LogP contribution in [-0.4, -0.2) is 18.4 Å². The van der Waals surface area contributed by atoms with Crippen molar-refractivity contribution in [2.45, 2.75) is 72.6 Å². The highest BCUT2D eigenvalue weighted by atomic mass is 16.5. The molecule has 0 amide bonds. The molecule has 1 saturated carbocycles. The van der Waals surface area contributed by atoms with E-state index in [2.05, 4.69) is 33.8 Å². The largest absolute Gasteiger partial charge is 0.460 e. The topological polar surface area (TPSA) is 43.4 Å². The van der Waals surface area contributed by atoms with Crippen molar-refractivity contribution in [3.63, 3.8) is 0 Å². The van der Waals surface area contributed by atoms with Crippen LogP contribution in [0.1, 0.15) is 72.6 Å². The first kappa shape index (κ1) is 18.9. The van der Waals surface area contributed by atoms with E-state index in [0.717, 1.165) is 44.9 Å². The van der Waals surface area contributed by atoms with Crippen LogP contribution in [0.15, 0.2) is 11.6 Å². The lowest BCUT2D eigenvalue weighted by atomic mass is 9.81. The zero-order chi connectivity index (χ0) is 16.5. The molecule has 0 bridgehead atoms. The van der Waals surface area contributed by atoms with E-state index in [1.165, 1.54) is 5.57 Å². The molecule has 1 aliphatic carbocycles. The number of carbonyl (C=O) groups excluding carboxylic acids is 2. The molecule has 3 nitrogen and oxygen atoms in total. The smallest absolute Gasteiger partial charge is 0.374 e. The molecule has 0 aromatic rings. The van der Waals surface area contributed by atoms with Gasteiger partial charge in [0.15, 0.2) is 0 Å². The van der Waals surface area contributed by atoms with Crippen LogP contribution >= 0.6 is 0 Å². The summed E-state index contributed by atoms with van der Waals surface area (Å²) in [5.74, 6) is 0.176. The molecule has 0 aliphatic heterocycles. The van der Waals surface area contributed by atoms with Crippen molar-refractivity contribution >= 4 is 11.8 Å². The van der Waals surface area contributed by atoms with Gasteiger partial charge in [0.2, 0.25) is 5.78 Å². The Hall–Kier alpha value is -1.12. The molecule has 1 fully saturated rings. The number of carbonyl (C=O) groups is 2. The SMILES string of the molecule is CC(C)=CCC[C@@H](C)CCOC(=O)C(=O)C1CCC(C)CC1. The minimum atomic E-state index is -0.615. The molecule has 0 aromatic carbocycles. The highest BCUT2D eigenvalue weighted by Crippen LogP contribution is 2.29. The molecule has 3 heteroatoms. The number of allylic oxidation sites excluding steroid dienone is 2. The lowest BCUT2D eigenvalue weighted by molar-refractivity contribution is -0.156. The van der Waals surface area contributed by atoms with E-state index in [4.69, 9.17) is 4.74 Å². The third kappa shape index (κ3) is 7.24. The fourth-order valence-electron chi connectivity index (χ4n) is 2.91. The van der Waals surface area contributed by atoms with E-state index in [-0.39, 0.29) is 11.7 Å². The van der Waals surface area contributed by atoms with Crippen LogP contribution in [0.25, 0.3) is 0 Å². The van der Waals surface area contributed by atoms with Crippen LogP contribution in [0.5, 0.6) is 0 Å². The van der Waals surface area contributed by atoms with E-state index in [9.17, 15) is 9.59 Å². The third-order valence-electron chi connectivity index (χ3n) is 4.64. The molecular formula is C19H32O3. The molecule has 22 heavy (non-hydrogen) atoms. The zero-order valence-corrected chi connectivity index (χ0v) is 14.7. The summed E-state index contributed by atoms with van der Waals surface area (Å²) in [5.41, 5.74) is 1.34. The normalized spacial score (nSPS) is 22.7. The third-order valence-corrected chi connectivity index (χ3v) is 4.64. The summed E-state index contributed by atoms with van der Waals surface area (Å²) in [6.45, 7) is 8.93. The number of rotatable bonds is 8. The Morgan fingerprint density at radius 2 is 1.77 bits per heavy atom. The van der Waals surface area contributed by atoms with Gasteiger partial charge < -0.3 is 4.74 Å². The minimum absolute atomic E-state index is 0.0983.